The highest BCUT2D eigenvalue weighted by Crippen LogP contribution is 2.02. The van der Waals surface area contributed by atoms with E-state index in [9.17, 15) is 4.79 Å². The van der Waals surface area contributed by atoms with Crippen LogP contribution in [0.25, 0.3) is 0 Å². The molecule has 0 aliphatic rings. The lowest BCUT2D eigenvalue weighted by atomic mass is 10.2. The van der Waals surface area contributed by atoms with E-state index in [1.807, 2.05) is 13.2 Å². The van der Waals surface area contributed by atoms with E-state index < -0.39 is 6.04 Å². The number of nitrogens with two attached hydrogens (primary N) is 1. The second kappa shape index (κ2) is 6.55. The van der Waals surface area contributed by atoms with Crippen LogP contribution in [0, 0.1) is 6.92 Å². The van der Waals surface area contributed by atoms with Crippen LogP contribution in [0.5, 0.6) is 0 Å². The lowest BCUT2D eigenvalue weighted by Crippen LogP contribution is -2.40. The fourth-order valence-electron chi connectivity index (χ4n) is 1.18. The Labute approximate surface area is 99.1 Å². The number of hydrogen-bond donors (Lipinski definition) is 2. The lowest BCUT2D eigenvalue weighted by molar-refractivity contribution is -0.122. The molecule has 0 aromatic carbocycles. The van der Waals surface area contributed by atoms with Crippen LogP contribution in [0.3, 0.4) is 0 Å². The van der Waals surface area contributed by atoms with Crippen LogP contribution in [-0.4, -0.2) is 29.1 Å². The van der Waals surface area contributed by atoms with E-state index in [0.717, 1.165) is 11.4 Å². The summed E-state index contributed by atoms with van der Waals surface area (Å²) in [5, 5.41) is 6.44. The van der Waals surface area contributed by atoms with E-state index in [-0.39, 0.29) is 5.91 Å². The fourth-order valence-corrected chi connectivity index (χ4v) is 1.67. The van der Waals surface area contributed by atoms with E-state index in [0.29, 0.717) is 18.7 Å². The smallest absolute Gasteiger partial charge is 0.237 e. The molecule has 0 unspecified atom stereocenters. The minimum Gasteiger partial charge on any atom is -0.359 e. The molecule has 0 fully saturated rings. The summed E-state index contributed by atoms with van der Waals surface area (Å²) in [7, 11) is 0. The minimum absolute atomic E-state index is 0.150. The van der Waals surface area contributed by atoms with Crippen molar-refractivity contribution in [3.05, 3.63) is 17.5 Å². The van der Waals surface area contributed by atoms with Gasteiger partial charge in [0.25, 0.3) is 0 Å². The maximum atomic E-state index is 11.5. The molecule has 90 valence electrons. The van der Waals surface area contributed by atoms with Crippen molar-refractivity contribution in [2.45, 2.75) is 25.9 Å². The summed E-state index contributed by atoms with van der Waals surface area (Å²) in [5.74, 6) is 1.38. The van der Waals surface area contributed by atoms with Gasteiger partial charge in [0.1, 0.15) is 0 Å². The number of carbonyl (C=O) groups excluding carboxylic acids is 1. The highest BCUT2D eigenvalue weighted by atomic mass is 32.2. The SMILES string of the molecule is CSCC[C@@H](N)C(=O)NCc1cc(C)no1. The molecular formula is C10H17N3O2S. The quantitative estimate of drug-likeness (QED) is 0.768. The normalized spacial score (nSPS) is 12.4. The zero-order valence-electron chi connectivity index (χ0n) is 9.53. The van der Waals surface area contributed by atoms with Gasteiger partial charge in [-0.1, -0.05) is 5.16 Å². The Bertz CT molecular complexity index is 341. The van der Waals surface area contributed by atoms with Crippen molar-refractivity contribution < 1.29 is 9.32 Å². The van der Waals surface area contributed by atoms with Gasteiger partial charge in [0.15, 0.2) is 5.76 Å². The maximum Gasteiger partial charge on any atom is 0.237 e. The molecule has 1 amide bonds. The molecule has 6 heteroatoms. The van der Waals surface area contributed by atoms with Crippen LogP contribution in [0.2, 0.25) is 0 Å². The van der Waals surface area contributed by atoms with Crippen LogP contribution in [0.1, 0.15) is 17.9 Å². The number of carbonyl (C=O) groups is 1. The number of thioether (sulfide) groups is 1. The summed E-state index contributed by atoms with van der Waals surface area (Å²) in [5.41, 5.74) is 6.50. The monoisotopic (exact) mass is 243 g/mol. The van der Waals surface area contributed by atoms with Gasteiger partial charge < -0.3 is 15.6 Å². The number of amides is 1. The van der Waals surface area contributed by atoms with Gasteiger partial charge in [0, 0.05) is 6.07 Å². The molecule has 0 spiro atoms. The van der Waals surface area contributed by atoms with Gasteiger partial charge in [-0.3, -0.25) is 4.79 Å². The van der Waals surface area contributed by atoms with Gasteiger partial charge >= 0.3 is 0 Å². The van der Waals surface area contributed by atoms with E-state index in [4.69, 9.17) is 10.3 Å². The van der Waals surface area contributed by atoms with Crippen LogP contribution in [0.15, 0.2) is 10.6 Å². The molecule has 1 aromatic rings. The summed E-state index contributed by atoms with van der Waals surface area (Å²) >= 11 is 1.68. The van der Waals surface area contributed by atoms with Crippen LogP contribution in [0.4, 0.5) is 0 Å². The number of aromatic nitrogens is 1. The lowest BCUT2D eigenvalue weighted by Gasteiger charge is -2.10. The van der Waals surface area contributed by atoms with Crippen LogP contribution < -0.4 is 11.1 Å². The molecule has 16 heavy (non-hydrogen) atoms. The Morgan fingerprint density at radius 3 is 3.06 bits per heavy atom. The number of nitrogens with zero attached hydrogens (tertiary/aromatic N) is 1. The fraction of sp³-hybridized carbons (Fsp3) is 0.600. The first-order chi connectivity index (χ1) is 7.63. The molecule has 1 atom stereocenters. The molecule has 1 heterocycles. The Hall–Kier alpha value is -1.01. The van der Waals surface area contributed by atoms with Crippen molar-refractivity contribution >= 4 is 17.7 Å². The molecule has 0 bridgehead atoms. The third kappa shape index (κ3) is 4.24. The largest absolute Gasteiger partial charge is 0.359 e. The van der Waals surface area contributed by atoms with Crippen molar-refractivity contribution in [3.63, 3.8) is 0 Å². The van der Waals surface area contributed by atoms with Gasteiger partial charge in [-0.2, -0.15) is 11.8 Å². The van der Waals surface area contributed by atoms with Gasteiger partial charge in [0.05, 0.1) is 18.3 Å². The molecule has 3 N–H and O–H groups in total. The van der Waals surface area contributed by atoms with Gasteiger partial charge in [-0.25, -0.2) is 0 Å². The topological polar surface area (TPSA) is 81.2 Å². The van der Waals surface area contributed by atoms with E-state index in [2.05, 4.69) is 10.5 Å². The first-order valence-electron chi connectivity index (χ1n) is 5.08. The highest BCUT2D eigenvalue weighted by Gasteiger charge is 2.13. The standard InChI is InChI=1S/C10H17N3O2S/c1-7-5-8(15-13-7)6-12-10(14)9(11)3-4-16-2/h5,9H,3-4,6,11H2,1-2H3,(H,12,14)/t9-/m1/s1. The molecule has 0 aliphatic heterocycles. The van der Waals surface area contributed by atoms with Crippen molar-refractivity contribution in [1.29, 1.82) is 0 Å². The molecule has 0 saturated carbocycles. The molecule has 0 radical (unpaired) electrons. The second-order valence-electron chi connectivity index (χ2n) is 3.54. The summed E-state index contributed by atoms with van der Waals surface area (Å²) in [6, 6.07) is 1.34. The Balaban J connectivity index is 2.29. The molecule has 1 rings (SSSR count). The summed E-state index contributed by atoms with van der Waals surface area (Å²) in [4.78, 5) is 11.5. The summed E-state index contributed by atoms with van der Waals surface area (Å²) < 4.78 is 4.97. The number of aryl methyl sites for hydroxylation is 1. The molecule has 5 nitrogen and oxygen atoms in total. The first-order valence-corrected chi connectivity index (χ1v) is 6.47. The number of rotatable bonds is 6. The van der Waals surface area contributed by atoms with Crippen molar-refractivity contribution in [1.82, 2.24) is 10.5 Å². The van der Waals surface area contributed by atoms with Crippen molar-refractivity contribution in [2.75, 3.05) is 12.0 Å². The third-order valence-corrected chi connectivity index (χ3v) is 2.73. The zero-order valence-corrected chi connectivity index (χ0v) is 10.3. The van der Waals surface area contributed by atoms with Crippen LogP contribution in [-0.2, 0) is 11.3 Å². The molecule has 0 aliphatic carbocycles. The predicted octanol–water partition coefficient (Wildman–Crippen LogP) is 0.680. The first kappa shape index (κ1) is 13.1. The second-order valence-corrected chi connectivity index (χ2v) is 4.53. The Kier molecular flexibility index (Phi) is 5.34. The van der Waals surface area contributed by atoms with Crippen LogP contribution >= 0.6 is 11.8 Å². The van der Waals surface area contributed by atoms with Crippen molar-refractivity contribution in [3.8, 4) is 0 Å². The van der Waals surface area contributed by atoms with Crippen molar-refractivity contribution in [2.24, 2.45) is 5.73 Å². The number of nitrogens with one attached hydrogen (secondary N) is 1. The predicted molar refractivity (Wildman–Crippen MR) is 64.1 cm³/mol. The minimum atomic E-state index is -0.448. The van der Waals surface area contributed by atoms with Gasteiger partial charge in [-0.15, -0.1) is 0 Å². The number of hydrogen-bond acceptors (Lipinski definition) is 5. The molecule has 1 aromatic heterocycles. The average Bonchev–Trinajstić information content (AvgIpc) is 2.68. The molecular weight excluding hydrogens is 226 g/mol. The Morgan fingerprint density at radius 1 is 1.75 bits per heavy atom. The van der Waals surface area contributed by atoms with E-state index in [1.54, 1.807) is 17.8 Å². The highest BCUT2D eigenvalue weighted by molar-refractivity contribution is 7.98. The van der Waals surface area contributed by atoms with E-state index in [1.165, 1.54) is 0 Å². The third-order valence-electron chi connectivity index (χ3n) is 2.08. The summed E-state index contributed by atoms with van der Waals surface area (Å²) in [6.45, 7) is 2.17. The van der Waals surface area contributed by atoms with E-state index >= 15 is 0 Å². The van der Waals surface area contributed by atoms with Gasteiger partial charge in [-0.05, 0) is 25.4 Å². The molecule has 0 saturated heterocycles. The zero-order chi connectivity index (χ0) is 12.0. The Morgan fingerprint density at radius 2 is 2.50 bits per heavy atom. The average molecular weight is 243 g/mol. The maximum absolute atomic E-state index is 11.5. The van der Waals surface area contributed by atoms with Gasteiger partial charge in [0.2, 0.25) is 5.91 Å². The summed E-state index contributed by atoms with van der Waals surface area (Å²) in [6.07, 6.45) is 2.67.